The average Bonchev–Trinajstić information content (AvgIpc) is 2.43. The summed E-state index contributed by atoms with van der Waals surface area (Å²) in [7, 11) is 0. The molecule has 0 saturated carbocycles. The number of aryl methyl sites for hydroxylation is 2. The molecule has 80 valence electrons. The molecule has 0 radical (unpaired) electrons. The van der Waals surface area contributed by atoms with E-state index in [0.29, 0.717) is 0 Å². The Hall–Kier alpha value is -0.930. The molecule has 0 bridgehead atoms. The van der Waals surface area contributed by atoms with Gasteiger partial charge in [0, 0.05) is 17.9 Å². The molecule has 0 spiro atoms. The third kappa shape index (κ3) is 2.19. The van der Waals surface area contributed by atoms with Gasteiger partial charge >= 0.3 is 5.82 Å². The van der Waals surface area contributed by atoms with E-state index in [2.05, 4.69) is 30.3 Å². The molecule has 15 heavy (non-hydrogen) atoms. The number of thiazole rings is 1. The second-order valence-electron chi connectivity index (χ2n) is 3.29. The van der Waals surface area contributed by atoms with E-state index < -0.39 is 0 Å². The average molecular weight is 241 g/mol. The van der Waals surface area contributed by atoms with Crippen LogP contribution >= 0.6 is 11.3 Å². The second kappa shape index (κ2) is 4.73. The van der Waals surface area contributed by atoms with Crippen LogP contribution < -0.4 is 17.0 Å². The molecule has 2 rings (SSSR count). The van der Waals surface area contributed by atoms with Crippen molar-refractivity contribution in [2.75, 3.05) is 0 Å². The number of aromatic nitrogens is 2. The highest BCUT2D eigenvalue weighted by molar-refractivity contribution is 7.11. The summed E-state index contributed by atoms with van der Waals surface area (Å²) in [4.78, 5) is 5.71. The van der Waals surface area contributed by atoms with Crippen molar-refractivity contribution in [3.63, 3.8) is 0 Å². The van der Waals surface area contributed by atoms with E-state index in [9.17, 15) is 0 Å². The predicted octanol–water partition coefficient (Wildman–Crippen LogP) is -0.651. The summed E-state index contributed by atoms with van der Waals surface area (Å²) in [5.74, 6) is 1.01. The topological polar surface area (TPSA) is 16.8 Å². The molecule has 0 amide bonds. The van der Waals surface area contributed by atoms with Crippen LogP contribution in [-0.2, 0) is 0 Å². The van der Waals surface area contributed by atoms with E-state index in [0.717, 1.165) is 5.82 Å². The molecule has 0 aliphatic carbocycles. The summed E-state index contributed by atoms with van der Waals surface area (Å²) in [5, 5.41) is 1.28. The minimum absolute atomic E-state index is 0. The van der Waals surface area contributed by atoms with Gasteiger partial charge in [0.1, 0.15) is 11.9 Å². The summed E-state index contributed by atoms with van der Waals surface area (Å²) in [6.07, 6.45) is 1.83. The lowest BCUT2D eigenvalue weighted by molar-refractivity contribution is -0.607. The Kier molecular flexibility index (Phi) is 3.83. The van der Waals surface area contributed by atoms with Crippen molar-refractivity contribution in [2.45, 2.75) is 20.8 Å². The highest BCUT2D eigenvalue weighted by Crippen LogP contribution is 2.15. The molecule has 2 heterocycles. The molecule has 0 atom stereocenters. The van der Waals surface area contributed by atoms with Gasteiger partial charge < -0.3 is 12.4 Å². The summed E-state index contributed by atoms with van der Waals surface area (Å²) in [6.45, 7) is 6.40. The monoisotopic (exact) mass is 240 g/mol. The van der Waals surface area contributed by atoms with Crippen LogP contribution in [0.1, 0.15) is 15.6 Å². The van der Waals surface area contributed by atoms with E-state index in [1.807, 2.05) is 35.7 Å². The minimum atomic E-state index is 0. The quantitative estimate of drug-likeness (QED) is 0.606. The molecule has 4 heteroatoms. The highest BCUT2D eigenvalue weighted by atomic mass is 35.5. The van der Waals surface area contributed by atoms with Gasteiger partial charge in [-0.2, -0.15) is 4.57 Å². The molecule has 0 fully saturated rings. The minimum Gasteiger partial charge on any atom is -1.00 e. The van der Waals surface area contributed by atoms with Gasteiger partial charge in [-0.3, -0.25) is 0 Å². The first-order valence-electron chi connectivity index (χ1n) is 4.60. The number of halogens is 1. The Morgan fingerprint density at radius 1 is 1.20 bits per heavy atom. The first kappa shape index (κ1) is 12.1. The number of nitrogens with zero attached hydrogens (tertiary/aromatic N) is 2. The molecule has 0 saturated heterocycles. The van der Waals surface area contributed by atoms with Gasteiger partial charge in [-0.15, -0.1) is 0 Å². The zero-order valence-corrected chi connectivity index (χ0v) is 10.6. The summed E-state index contributed by atoms with van der Waals surface area (Å²) in [6, 6.07) is 5.99. The fraction of sp³-hybridized carbons (Fsp3) is 0.273. The molecule has 0 N–H and O–H groups in total. The number of hydrogen-bond acceptors (Lipinski definition) is 2. The SMILES string of the molecule is Cc1sc(C)[n+](-c2ccccn2)c1C.[Cl-]. The van der Waals surface area contributed by atoms with E-state index in [1.54, 1.807) is 0 Å². The van der Waals surface area contributed by atoms with Crippen LogP contribution in [0, 0.1) is 20.8 Å². The van der Waals surface area contributed by atoms with Gasteiger partial charge in [0.25, 0.3) is 0 Å². The van der Waals surface area contributed by atoms with Crippen molar-refractivity contribution >= 4 is 11.3 Å². The van der Waals surface area contributed by atoms with Crippen LogP contribution in [0.3, 0.4) is 0 Å². The summed E-state index contributed by atoms with van der Waals surface area (Å²) >= 11 is 1.81. The Morgan fingerprint density at radius 3 is 2.40 bits per heavy atom. The number of rotatable bonds is 1. The molecule has 2 aromatic heterocycles. The van der Waals surface area contributed by atoms with E-state index in [1.165, 1.54) is 15.6 Å². The fourth-order valence-corrected chi connectivity index (χ4v) is 2.56. The van der Waals surface area contributed by atoms with Crippen LogP contribution in [-0.4, -0.2) is 4.98 Å². The van der Waals surface area contributed by atoms with Gasteiger partial charge in [-0.25, -0.2) is 0 Å². The van der Waals surface area contributed by atoms with E-state index in [4.69, 9.17) is 0 Å². The Morgan fingerprint density at radius 2 is 1.93 bits per heavy atom. The molecule has 2 aromatic rings. The molecule has 0 aliphatic heterocycles. The summed E-state index contributed by atoms with van der Waals surface area (Å²) in [5.41, 5.74) is 1.28. The van der Waals surface area contributed by atoms with Crippen molar-refractivity contribution in [1.82, 2.24) is 4.98 Å². The van der Waals surface area contributed by atoms with Crippen molar-refractivity contribution in [3.8, 4) is 5.82 Å². The van der Waals surface area contributed by atoms with Gasteiger partial charge in [0.15, 0.2) is 5.01 Å². The molecular formula is C11H13ClN2S. The molecule has 0 unspecified atom stereocenters. The second-order valence-corrected chi connectivity index (χ2v) is 4.69. The Bertz CT molecular complexity index is 451. The van der Waals surface area contributed by atoms with Crippen molar-refractivity contribution in [2.24, 2.45) is 0 Å². The lowest BCUT2D eigenvalue weighted by Crippen LogP contribution is -3.00. The zero-order chi connectivity index (χ0) is 10.1. The zero-order valence-electron chi connectivity index (χ0n) is 8.99. The standard InChI is InChI=1S/C11H13N2S.ClH/c1-8-9(2)14-10(3)13(8)11-6-4-5-7-12-11;/h4-7H,1-3H3;1H/q+1;/p-1. The van der Waals surface area contributed by atoms with Crippen LogP contribution in [0.2, 0.25) is 0 Å². The first-order chi connectivity index (χ1) is 6.70. The smallest absolute Gasteiger partial charge is 0.328 e. The van der Waals surface area contributed by atoms with Crippen molar-refractivity contribution < 1.29 is 17.0 Å². The molecule has 0 aromatic carbocycles. The third-order valence-electron chi connectivity index (χ3n) is 2.34. The van der Waals surface area contributed by atoms with Crippen molar-refractivity contribution in [1.29, 1.82) is 0 Å². The lowest BCUT2D eigenvalue weighted by atomic mass is 10.4. The summed E-state index contributed by atoms with van der Waals surface area (Å²) < 4.78 is 2.19. The van der Waals surface area contributed by atoms with Crippen LogP contribution in [0.5, 0.6) is 0 Å². The Balaban J connectivity index is 0.00000112. The third-order valence-corrected chi connectivity index (χ3v) is 3.42. The van der Waals surface area contributed by atoms with Gasteiger partial charge in [-0.1, -0.05) is 17.4 Å². The predicted molar refractivity (Wildman–Crippen MR) is 57.9 cm³/mol. The molecular weight excluding hydrogens is 228 g/mol. The van der Waals surface area contributed by atoms with Gasteiger partial charge in [-0.05, 0) is 24.9 Å². The highest BCUT2D eigenvalue weighted by Gasteiger charge is 2.17. The van der Waals surface area contributed by atoms with E-state index in [-0.39, 0.29) is 12.4 Å². The lowest BCUT2D eigenvalue weighted by Gasteiger charge is -1.95. The number of hydrogen-bond donors (Lipinski definition) is 0. The number of pyridine rings is 1. The van der Waals surface area contributed by atoms with Crippen LogP contribution in [0.4, 0.5) is 0 Å². The normalized spacial score (nSPS) is 9.80. The molecule has 2 nitrogen and oxygen atoms in total. The van der Waals surface area contributed by atoms with Crippen molar-refractivity contribution in [3.05, 3.63) is 40.0 Å². The first-order valence-corrected chi connectivity index (χ1v) is 5.42. The Labute approximate surface area is 100 Å². The fourth-order valence-electron chi connectivity index (χ4n) is 1.55. The van der Waals surface area contributed by atoms with Gasteiger partial charge in [0.05, 0.1) is 0 Å². The molecule has 0 aliphatic rings. The van der Waals surface area contributed by atoms with Crippen LogP contribution in [0.25, 0.3) is 5.82 Å². The maximum Gasteiger partial charge on any atom is 0.328 e. The maximum absolute atomic E-state index is 4.35. The largest absolute Gasteiger partial charge is 1.00 e. The van der Waals surface area contributed by atoms with E-state index >= 15 is 0 Å². The maximum atomic E-state index is 4.35. The van der Waals surface area contributed by atoms with Gasteiger partial charge in [0.2, 0.25) is 0 Å². The van der Waals surface area contributed by atoms with Crippen LogP contribution in [0.15, 0.2) is 24.4 Å².